The minimum Gasteiger partial charge on any atom is -0.457 e. The van der Waals surface area contributed by atoms with Gasteiger partial charge in [0.25, 0.3) is 0 Å². The number of thiazole rings is 1. The van der Waals surface area contributed by atoms with Gasteiger partial charge >= 0.3 is 0 Å². The molecule has 4 aromatic rings. The number of furan rings is 1. The van der Waals surface area contributed by atoms with Crippen molar-refractivity contribution >= 4 is 90.8 Å². The molecule has 0 radical (unpaired) electrons. The highest BCUT2D eigenvalue weighted by atomic mass is 35.5. The molecular weight excluding hydrogens is 539 g/mol. The molecule has 2 aromatic carbocycles. The lowest BCUT2D eigenvalue weighted by Crippen LogP contribution is -2.32. The van der Waals surface area contributed by atoms with Crippen molar-refractivity contribution in [1.29, 1.82) is 0 Å². The van der Waals surface area contributed by atoms with Crippen LogP contribution in [-0.2, 0) is 9.59 Å². The second-order valence-corrected chi connectivity index (χ2v) is 9.95. The van der Waals surface area contributed by atoms with Crippen LogP contribution in [0.25, 0.3) is 27.6 Å². The number of amides is 2. The third-order valence-corrected chi connectivity index (χ3v) is 6.35. The molecule has 11 heteroatoms. The number of carbonyl (C=O) groups is 2. The summed E-state index contributed by atoms with van der Waals surface area (Å²) in [6.45, 7) is 1.94. The summed E-state index contributed by atoms with van der Waals surface area (Å²) >= 11 is 18.7. The lowest BCUT2D eigenvalue weighted by Gasteiger charge is -2.07. The Labute approximate surface area is 226 Å². The van der Waals surface area contributed by atoms with Crippen LogP contribution in [-0.4, -0.2) is 21.9 Å². The summed E-state index contributed by atoms with van der Waals surface area (Å²) in [7, 11) is 0. The maximum Gasteiger partial charge on any atom is 0.250 e. The normalized spacial score (nSPS) is 11.1. The molecule has 0 aliphatic heterocycles. The minimum absolute atomic E-state index is 0.0634. The van der Waals surface area contributed by atoms with Crippen LogP contribution in [0.4, 0.5) is 10.8 Å². The van der Waals surface area contributed by atoms with Gasteiger partial charge in [0.1, 0.15) is 11.5 Å². The number of benzene rings is 2. The number of halogens is 2. The lowest BCUT2D eigenvalue weighted by atomic mass is 10.2. The molecule has 0 saturated carbocycles. The van der Waals surface area contributed by atoms with Crippen molar-refractivity contribution in [2.45, 2.75) is 19.8 Å². The van der Waals surface area contributed by atoms with Crippen LogP contribution in [0.15, 0.2) is 59.0 Å². The highest BCUT2D eigenvalue weighted by molar-refractivity contribution is 7.80. The number of thiocarbonyl (C=S) groups is 1. The van der Waals surface area contributed by atoms with E-state index in [2.05, 4.69) is 20.9 Å². The van der Waals surface area contributed by atoms with Gasteiger partial charge in [-0.1, -0.05) is 41.5 Å². The molecule has 2 amide bonds. The van der Waals surface area contributed by atoms with Gasteiger partial charge in [-0.3, -0.25) is 14.9 Å². The molecule has 7 nitrogen and oxygen atoms in total. The van der Waals surface area contributed by atoms with Gasteiger partial charge < -0.3 is 15.1 Å². The van der Waals surface area contributed by atoms with Crippen molar-refractivity contribution < 1.29 is 14.0 Å². The van der Waals surface area contributed by atoms with Gasteiger partial charge in [0.15, 0.2) is 10.2 Å². The maximum absolute atomic E-state index is 12.3. The molecule has 0 aliphatic rings. The molecule has 0 bridgehead atoms. The summed E-state index contributed by atoms with van der Waals surface area (Å²) in [6, 6.07) is 14.1. The van der Waals surface area contributed by atoms with Crippen LogP contribution < -0.4 is 16.0 Å². The van der Waals surface area contributed by atoms with E-state index in [0.717, 1.165) is 22.2 Å². The number of aromatic nitrogens is 1. The molecule has 0 fully saturated rings. The zero-order valence-electron chi connectivity index (χ0n) is 18.9. The summed E-state index contributed by atoms with van der Waals surface area (Å²) in [4.78, 5) is 28.5. The molecule has 3 N–H and O–H groups in total. The third-order valence-electron chi connectivity index (χ3n) is 4.78. The standard InChI is InChI=1S/C25H20Cl2N4O3S2/c1-2-3-22(32)31-25-29-19-7-4-17(13-21(19)36-25)28-24(35)30-23(33)9-6-18-5-8-20(34-18)14-10-15(26)12-16(27)11-14/h4-13H,2-3H2,1H3,(H,29,31,32)(H2,28,30,33,35)/b9-6+. The van der Waals surface area contributed by atoms with Gasteiger partial charge in [-0.05, 0) is 73.2 Å². The predicted octanol–water partition coefficient (Wildman–Crippen LogP) is 7.13. The lowest BCUT2D eigenvalue weighted by molar-refractivity contribution is -0.116. The van der Waals surface area contributed by atoms with E-state index in [1.54, 1.807) is 36.4 Å². The summed E-state index contributed by atoms with van der Waals surface area (Å²) < 4.78 is 6.62. The van der Waals surface area contributed by atoms with E-state index >= 15 is 0 Å². The molecule has 36 heavy (non-hydrogen) atoms. The topological polar surface area (TPSA) is 96.3 Å². The molecule has 0 spiro atoms. The van der Waals surface area contributed by atoms with Gasteiger partial charge in [0.2, 0.25) is 11.8 Å². The average Bonchev–Trinajstić information content (AvgIpc) is 3.43. The predicted molar refractivity (Wildman–Crippen MR) is 151 cm³/mol. The zero-order valence-corrected chi connectivity index (χ0v) is 22.1. The molecule has 184 valence electrons. The van der Waals surface area contributed by atoms with E-state index in [1.165, 1.54) is 23.5 Å². The number of carbonyl (C=O) groups excluding carboxylic acids is 2. The van der Waals surface area contributed by atoms with Crippen LogP contribution in [0.3, 0.4) is 0 Å². The summed E-state index contributed by atoms with van der Waals surface area (Å²) in [5, 5.41) is 10.1. The first-order valence-corrected chi connectivity index (χ1v) is 12.8. The highest BCUT2D eigenvalue weighted by Crippen LogP contribution is 2.30. The molecule has 0 atom stereocenters. The fourth-order valence-corrected chi connectivity index (χ4v) is 4.90. The molecule has 0 aliphatic carbocycles. The van der Waals surface area contributed by atoms with E-state index in [-0.39, 0.29) is 11.0 Å². The molecule has 0 saturated heterocycles. The van der Waals surface area contributed by atoms with Crippen molar-refractivity contribution in [3.8, 4) is 11.3 Å². The first-order valence-electron chi connectivity index (χ1n) is 10.9. The van der Waals surface area contributed by atoms with Gasteiger partial charge in [0, 0.05) is 33.8 Å². The van der Waals surface area contributed by atoms with Gasteiger partial charge in [0.05, 0.1) is 10.2 Å². The first-order chi connectivity index (χ1) is 17.3. The Kier molecular flexibility index (Phi) is 8.37. The first kappa shape index (κ1) is 25.8. The van der Waals surface area contributed by atoms with Crippen LogP contribution in [0.2, 0.25) is 10.0 Å². The number of hydrogen-bond acceptors (Lipinski definition) is 6. The fourth-order valence-electron chi connectivity index (χ4n) is 3.23. The van der Waals surface area contributed by atoms with E-state index in [4.69, 9.17) is 39.8 Å². The molecular formula is C25H20Cl2N4O3S2. The van der Waals surface area contributed by atoms with Crippen molar-refractivity contribution in [2.24, 2.45) is 0 Å². The molecule has 2 heterocycles. The van der Waals surface area contributed by atoms with Crippen LogP contribution in [0.5, 0.6) is 0 Å². The Bertz CT molecular complexity index is 1460. The highest BCUT2D eigenvalue weighted by Gasteiger charge is 2.10. The fraction of sp³-hybridized carbons (Fsp3) is 0.120. The van der Waals surface area contributed by atoms with E-state index < -0.39 is 5.91 Å². The summed E-state index contributed by atoms with van der Waals surface area (Å²) in [6.07, 6.45) is 4.07. The molecule has 2 aromatic heterocycles. The zero-order chi connectivity index (χ0) is 25.7. The van der Waals surface area contributed by atoms with E-state index in [0.29, 0.717) is 38.8 Å². The van der Waals surface area contributed by atoms with E-state index in [9.17, 15) is 9.59 Å². The number of anilines is 2. The average molecular weight is 560 g/mol. The monoisotopic (exact) mass is 558 g/mol. The van der Waals surface area contributed by atoms with Crippen molar-refractivity contribution in [2.75, 3.05) is 10.6 Å². The Morgan fingerprint density at radius 3 is 2.61 bits per heavy atom. The van der Waals surface area contributed by atoms with E-state index in [1.807, 2.05) is 19.1 Å². The summed E-state index contributed by atoms with van der Waals surface area (Å²) in [5.41, 5.74) is 2.17. The summed E-state index contributed by atoms with van der Waals surface area (Å²) in [5.74, 6) is 0.568. The van der Waals surface area contributed by atoms with Crippen molar-refractivity contribution in [3.05, 3.63) is 70.4 Å². The van der Waals surface area contributed by atoms with Gasteiger partial charge in [-0.25, -0.2) is 4.98 Å². The van der Waals surface area contributed by atoms with Crippen molar-refractivity contribution in [3.63, 3.8) is 0 Å². The Morgan fingerprint density at radius 1 is 1.08 bits per heavy atom. The largest absolute Gasteiger partial charge is 0.457 e. The second-order valence-electron chi connectivity index (χ2n) is 7.64. The number of rotatable bonds is 7. The number of hydrogen-bond donors (Lipinski definition) is 3. The third kappa shape index (κ3) is 6.92. The molecule has 4 rings (SSSR count). The van der Waals surface area contributed by atoms with Crippen molar-refractivity contribution in [1.82, 2.24) is 10.3 Å². The number of nitrogens with one attached hydrogen (secondary N) is 3. The quantitative estimate of drug-likeness (QED) is 0.165. The van der Waals surface area contributed by atoms with Crippen LogP contribution >= 0.6 is 46.8 Å². The smallest absolute Gasteiger partial charge is 0.250 e. The second kappa shape index (κ2) is 11.7. The van der Waals surface area contributed by atoms with Gasteiger partial charge in [-0.15, -0.1) is 0 Å². The maximum atomic E-state index is 12.3. The number of fused-ring (bicyclic) bond motifs is 1. The Morgan fingerprint density at radius 2 is 1.86 bits per heavy atom. The van der Waals surface area contributed by atoms with Gasteiger partial charge in [-0.2, -0.15) is 0 Å². The SMILES string of the molecule is CCCC(=O)Nc1nc2ccc(NC(=S)NC(=O)/C=C/c3ccc(-c4cc(Cl)cc(Cl)c4)o3)cc2s1. The molecule has 0 unspecified atom stereocenters. The minimum atomic E-state index is -0.420. The van der Waals surface area contributed by atoms with Crippen LogP contribution in [0, 0.1) is 0 Å². The Hall–Kier alpha value is -3.24. The number of nitrogens with zero attached hydrogens (tertiary/aromatic N) is 1. The van der Waals surface area contributed by atoms with Crippen LogP contribution in [0.1, 0.15) is 25.5 Å². The Balaban J connectivity index is 1.33.